The van der Waals surface area contributed by atoms with E-state index >= 15 is 0 Å². The van der Waals surface area contributed by atoms with Gasteiger partial charge < -0.3 is 5.32 Å². The number of benzene rings is 1. The smallest absolute Gasteiger partial charge is 0.0677 e. The van der Waals surface area contributed by atoms with Gasteiger partial charge in [-0.05, 0) is 32.5 Å². The predicted octanol–water partition coefficient (Wildman–Crippen LogP) is 2.92. The van der Waals surface area contributed by atoms with Crippen molar-refractivity contribution in [3.8, 4) is 0 Å². The van der Waals surface area contributed by atoms with E-state index in [0.29, 0.717) is 0 Å². The van der Waals surface area contributed by atoms with E-state index in [2.05, 4.69) is 17.3 Å². The van der Waals surface area contributed by atoms with E-state index in [9.17, 15) is 0 Å². The van der Waals surface area contributed by atoms with E-state index in [4.69, 9.17) is 11.6 Å². The molecular weight excluding hydrogens is 246 g/mol. The highest BCUT2D eigenvalue weighted by molar-refractivity contribution is 6.31. The van der Waals surface area contributed by atoms with Crippen LogP contribution in [0.2, 0.25) is 5.02 Å². The summed E-state index contributed by atoms with van der Waals surface area (Å²) in [5.41, 5.74) is 4.64. The van der Waals surface area contributed by atoms with E-state index in [1.807, 2.05) is 42.9 Å². The number of rotatable bonds is 4. The molecule has 0 bridgehead atoms. The number of nitrogens with one attached hydrogen (secondary N) is 1. The highest BCUT2D eigenvalue weighted by atomic mass is 35.5. The van der Waals surface area contributed by atoms with Gasteiger partial charge >= 0.3 is 0 Å². The van der Waals surface area contributed by atoms with Crippen LogP contribution in [0.1, 0.15) is 22.5 Å². The molecule has 18 heavy (non-hydrogen) atoms. The first kappa shape index (κ1) is 13.1. The molecule has 0 saturated heterocycles. The first-order valence-electron chi connectivity index (χ1n) is 6.04. The lowest BCUT2D eigenvalue weighted by Crippen LogP contribution is -2.08. The van der Waals surface area contributed by atoms with Crippen molar-refractivity contribution in [2.45, 2.75) is 26.9 Å². The van der Waals surface area contributed by atoms with Gasteiger partial charge in [0.1, 0.15) is 0 Å². The van der Waals surface area contributed by atoms with Crippen molar-refractivity contribution in [1.29, 1.82) is 0 Å². The quantitative estimate of drug-likeness (QED) is 0.919. The number of hydrogen-bond acceptors (Lipinski definition) is 2. The second kappa shape index (κ2) is 5.55. The van der Waals surface area contributed by atoms with Crippen LogP contribution >= 0.6 is 11.6 Å². The third kappa shape index (κ3) is 2.57. The second-order valence-electron chi connectivity index (χ2n) is 4.43. The monoisotopic (exact) mass is 263 g/mol. The van der Waals surface area contributed by atoms with Gasteiger partial charge in [0.25, 0.3) is 0 Å². The van der Waals surface area contributed by atoms with Crippen molar-refractivity contribution in [3.63, 3.8) is 0 Å². The van der Waals surface area contributed by atoms with Crippen LogP contribution in [-0.2, 0) is 13.1 Å². The summed E-state index contributed by atoms with van der Waals surface area (Å²) in [4.78, 5) is 0. The summed E-state index contributed by atoms with van der Waals surface area (Å²) >= 11 is 6.18. The van der Waals surface area contributed by atoms with Gasteiger partial charge in [0.05, 0.1) is 12.2 Å². The highest BCUT2D eigenvalue weighted by Gasteiger charge is 2.11. The van der Waals surface area contributed by atoms with Gasteiger partial charge in [-0.25, -0.2) is 0 Å². The zero-order valence-corrected chi connectivity index (χ0v) is 11.8. The minimum absolute atomic E-state index is 0.718. The molecule has 0 spiro atoms. The maximum Gasteiger partial charge on any atom is 0.0677 e. The first-order chi connectivity index (χ1) is 8.63. The Morgan fingerprint density at radius 3 is 2.67 bits per heavy atom. The molecule has 3 nitrogen and oxygen atoms in total. The van der Waals surface area contributed by atoms with Gasteiger partial charge in [0.2, 0.25) is 0 Å². The Morgan fingerprint density at radius 1 is 1.28 bits per heavy atom. The molecule has 0 unspecified atom stereocenters. The summed E-state index contributed by atoms with van der Waals surface area (Å²) in [5, 5.41) is 8.55. The third-order valence-corrected chi connectivity index (χ3v) is 3.53. The fourth-order valence-electron chi connectivity index (χ4n) is 2.11. The lowest BCUT2D eigenvalue weighted by Gasteiger charge is -2.07. The molecule has 0 saturated carbocycles. The first-order valence-corrected chi connectivity index (χ1v) is 6.42. The molecule has 0 aliphatic heterocycles. The minimum atomic E-state index is 0.718. The van der Waals surface area contributed by atoms with E-state index in [1.54, 1.807) is 0 Å². The zero-order chi connectivity index (χ0) is 13.1. The van der Waals surface area contributed by atoms with Gasteiger partial charge in [0, 0.05) is 22.8 Å². The van der Waals surface area contributed by atoms with Gasteiger partial charge in [-0.3, -0.25) is 4.68 Å². The largest absolute Gasteiger partial charge is 0.316 e. The molecule has 1 aromatic carbocycles. The molecule has 1 N–H and O–H groups in total. The Hall–Kier alpha value is -1.32. The predicted molar refractivity (Wildman–Crippen MR) is 75.0 cm³/mol. The summed E-state index contributed by atoms with van der Waals surface area (Å²) in [6, 6.07) is 7.90. The summed E-state index contributed by atoms with van der Waals surface area (Å²) in [5.74, 6) is 0. The molecule has 2 rings (SSSR count). The van der Waals surface area contributed by atoms with Crippen LogP contribution in [0.25, 0.3) is 0 Å². The van der Waals surface area contributed by atoms with Crippen molar-refractivity contribution in [1.82, 2.24) is 15.1 Å². The molecule has 0 fully saturated rings. The topological polar surface area (TPSA) is 29.9 Å². The average Bonchev–Trinajstić information content (AvgIpc) is 2.60. The van der Waals surface area contributed by atoms with Crippen molar-refractivity contribution in [3.05, 3.63) is 51.8 Å². The number of aryl methyl sites for hydroxylation is 1. The lowest BCUT2D eigenvalue weighted by molar-refractivity contribution is 0.657. The molecule has 2 aromatic rings. The van der Waals surface area contributed by atoms with Crippen molar-refractivity contribution in [2.24, 2.45) is 0 Å². The Morgan fingerprint density at radius 2 is 2.00 bits per heavy atom. The van der Waals surface area contributed by atoms with Crippen molar-refractivity contribution < 1.29 is 0 Å². The Bertz CT molecular complexity index is 546. The maximum atomic E-state index is 6.18. The molecular formula is C14H18ClN3. The van der Waals surface area contributed by atoms with Crippen LogP contribution < -0.4 is 5.32 Å². The Kier molecular flexibility index (Phi) is 4.04. The number of hydrogen-bond donors (Lipinski definition) is 1. The van der Waals surface area contributed by atoms with Crippen LogP contribution in [0, 0.1) is 13.8 Å². The van der Waals surface area contributed by atoms with Crippen LogP contribution in [0.4, 0.5) is 0 Å². The standard InChI is InChI=1S/C14H18ClN3/c1-10-13(8-16-3)11(2)18(17-10)9-12-6-4-5-7-14(12)15/h4-7,16H,8-9H2,1-3H3. The molecule has 0 radical (unpaired) electrons. The van der Waals surface area contributed by atoms with Gasteiger partial charge in [-0.1, -0.05) is 29.8 Å². The minimum Gasteiger partial charge on any atom is -0.316 e. The fraction of sp³-hybridized carbons (Fsp3) is 0.357. The molecule has 4 heteroatoms. The molecule has 0 amide bonds. The molecule has 0 aliphatic carbocycles. The third-order valence-electron chi connectivity index (χ3n) is 3.16. The number of aromatic nitrogens is 2. The van der Waals surface area contributed by atoms with Gasteiger partial charge in [0.15, 0.2) is 0 Å². The van der Waals surface area contributed by atoms with Crippen LogP contribution in [0.3, 0.4) is 0 Å². The summed E-state index contributed by atoms with van der Waals surface area (Å²) in [6.45, 7) is 5.71. The van der Waals surface area contributed by atoms with Gasteiger partial charge in [-0.15, -0.1) is 0 Å². The SMILES string of the molecule is CNCc1c(C)nn(Cc2ccccc2Cl)c1C. The summed E-state index contributed by atoms with van der Waals surface area (Å²) in [7, 11) is 1.95. The molecule has 0 aliphatic rings. The maximum absolute atomic E-state index is 6.18. The van der Waals surface area contributed by atoms with E-state index in [0.717, 1.165) is 29.4 Å². The Balaban J connectivity index is 2.30. The van der Waals surface area contributed by atoms with E-state index in [1.165, 1.54) is 11.3 Å². The zero-order valence-electron chi connectivity index (χ0n) is 11.0. The summed E-state index contributed by atoms with van der Waals surface area (Å²) in [6.07, 6.45) is 0. The number of halogens is 1. The van der Waals surface area contributed by atoms with Crippen molar-refractivity contribution >= 4 is 11.6 Å². The fourth-order valence-corrected chi connectivity index (χ4v) is 2.30. The van der Waals surface area contributed by atoms with E-state index in [-0.39, 0.29) is 0 Å². The van der Waals surface area contributed by atoms with Crippen LogP contribution in [0.15, 0.2) is 24.3 Å². The Labute approximate surface area is 113 Å². The van der Waals surface area contributed by atoms with Gasteiger partial charge in [-0.2, -0.15) is 5.10 Å². The van der Waals surface area contributed by atoms with Crippen LogP contribution in [-0.4, -0.2) is 16.8 Å². The highest BCUT2D eigenvalue weighted by Crippen LogP contribution is 2.19. The normalized spacial score (nSPS) is 10.9. The molecule has 1 heterocycles. The molecule has 0 atom stereocenters. The number of nitrogens with zero attached hydrogens (tertiary/aromatic N) is 2. The molecule has 1 aromatic heterocycles. The summed E-state index contributed by atoms with van der Waals surface area (Å²) < 4.78 is 2.02. The molecule has 96 valence electrons. The lowest BCUT2D eigenvalue weighted by atomic mass is 10.2. The van der Waals surface area contributed by atoms with Crippen molar-refractivity contribution in [2.75, 3.05) is 7.05 Å². The van der Waals surface area contributed by atoms with E-state index < -0.39 is 0 Å². The average molecular weight is 264 g/mol. The van der Waals surface area contributed by atoms with Crippen LogP contribution in [0.5, 0.6) is 0 Å². The second-order valence-corrected chi connectivity index (χ2v) is 4.84.